The van der Waals surface area contributed by atoms with Crippen LogP contribution in [-0.2, 0) is 19.1 Å². The topological polar surface area (TPSA) is 71.6 Å². The summed E-state index contributed by atoms with van der Waals surface area (Å²) in [5.74, 6) is 0.471. The lowest BCUT2D eigenvalue weighted by Gasteiger charge is -2.37. The van der Waals surface area contributed by atoms with Crippen molar-refractivity contribution in [2.24, 2.45) is 11.8 Å². The molecule has 4 fully saturated rings. The van der Waals surface area contributed by atoms with Crippen molar-refractivity contribution >= 4 is 29.9 Å². The number of ether oxygens (including phenoxy) is 3. The summed E-state index contributed by atoms with van der Waals surface area (Å²) in [6.07, 6.45) is 2.11. The summed E-state index contributed by atoms with van der Waals surface area (Å²) in [5.41, 5.74) is 1.15. The van der Waals surface area contributed by atoms with Crippen molar-refractivity contribution in [2.45, 2.75) is 51.4 Å². The average Bonchev–Trinajstić information content (AvgIpc) is 3.36. The quantitative estimate of drug-likeness (QED) is 0.540. The molecule has 2 amide bonds. The van der Waals surface area contributed by atoms with Crippen LogP contribution in [0.2, 0.25) is 0 Å². The second-order valence-electron chi connectivity index (χ2n) is 9.86. The number of piperazine rings is 1. The van der Waals surface area contributed by atoms with E-state index in [0.29, 0.717) is 19.4 Å². The van der Waals surface area contributed by atoms with Crippen LogP contribution in [0, 0.1) is 11.8 Å². The zero-order valence-corrected chi connectivity index (χ0v) is 20.9. The number of nitrogens with zero attached hydrogens (tertiary/aromatic N) is 3. The van der Waals surface area contributed by atoms with E-state index in [1.54, 1.807) is 0 Å². The van der Waals surface area contributed by atoms with Crippen LogP contribution in [0.4, 0.5) is 5.69 Å². The highest BCUT2D eigenvalue weighted by molar-refractivity contribution is 6.05. The minimum Gasteiger partial charge on any atom is -0.489 e. The number of anilines is 1. The van der Waals surface area contributed by atoms with Crippen molar-refractivity contribution in [1.29, 1.82) is 0 Å². The fourth-order valence-electron chi connectivity index (χ4n) is 5.71. The van der Waals surface area contributed by atoms with Crippen LogP contribution in [0.5, 0.6) is 5.75 Å². The van der Waals surface area contributed by atoms with Crippen LogP contribution in [0.15, 0.2) is 24.3 Å². The second kappa shape index (κ2) is 10.8. The fourth-order valence-corrected chi connectivity index (χ4v) is 5.71. The number of hydrogen-bond donors (Lipinski definition) is 0. The number of carbonyl (C=O) groups is 2. The first-order valence-corrected chi connectivity index (χ1v) is 12.3. The molecule has 3 aliphatic heterocycles. The average molecular weight is 494 g/mol. The van der Waals surface area contributed by atoms with Crippen LogP contribution in [0.3, 0.4) is 0 Å². The first kappa shape index (κ1) is 25.2. The lowest BCUT2D eigenvalue weighted by molar-refractivity contribution is -0.140. The summed E-state index contributed by atoms with van der Waals surface area (Å²) in [4.78, 5) is 32.1. The summed E-state index contributed by atoms with van der Waals surface area (Å²) in [5, 5.41) is 0. The first-order chi connectivity index (χ1) is 16.0. The predicted molar refractivity (Wildman–Crippen MR) is 130 cm³/mol. The van der Waals surface area contributed by atoms with Gasteiger partial charge in [-0.05, 0) is 51.8 Å². The lowest BCUT2D eigenvalue weighted by atomic mass is 9.78. The fraction of sp³-hybridized carbons (Fsp3) is 0.680. The van der Waals surface area contributed by atoms with Gasteiger partial charge in [0.05, 0.1) is 35.8 Å². The van der Waals surface area contributed by atoms with Crippen molar-refractivity contribution in [3.05, 3.63) is 24.3 Å². The number of amides is 2. The van der Waals surface area contributed by atoms with E-state index in [9.17, 15) is 9.59 Å². The molecule has 1 aromatic rings. The van der Waals surface area contributed by atoms with Gasteiger partial charge in [0.2, 0.25) is 11.8 Å². The summed E-state index contributed by atoms with van der Waals surface area (Å²) in [7, 11) is 0. The van der Waals surface area contributed by atoms with E-state index in [1.807, 2.05) is 26.0 Å². The predicted octanol–water partition coefficient (Wildman–Crippen LogP) is 2.54. The molecule has 0 spiro atoms. The highest BCUT2D eigenvalue weighted by atomic mass is 35.5. The van der Waals surface area contributed by atoms with E-state index in [4.69, 9.17) is 14.2 Å². The Bertz CT molecular complexity index is 846. The van der Waals surface area contributed by atoms with E-state index in [0.717, 1.165) is 50.6 Å². The number of imide groups is 1. The zero-order valence-electron chi connectivity index (χ0n) is 20.1. The maximum atomic E-state index is 12.9. The molecule has 1 aliphatic carbocycles. The molecule has 4 atom stereocenters. The molecule has 3 saturated heterocycles. The standard InChI is InChI=1S/C25H35N3O5.ClH/c1-17(2)33-21-7-4-3-6-20(21)27-12-10-26(11-13-27)8-5-9-28-24(29)18-14-22-23(32-16-31-22)15-19(18)25(28)30;/h3-4,6-7,17-19,22-23H,5,8-16H2,1-2H3;1H. The van der Waals surface area contributed by atoms with Crippen LogP contribution >= 0.6 is 12.4 Å². The van der Waals surface area contributed by atoms with Crippen LogP contribution in [0.25, 0.3) is 0 Å². The Kier molecular flexibility index (Phi) is 8.02. The van der Waals surface area contributed by atoms with Crippen molar-refractivity contribution in [2.75, 3.05) is 51.0 Å². The Morgan fingerprint density at radius 1 is 0.941 bits per heavy atom. The summed E-state index contributed by atoms with van der Waals surface area (Å²) in [6.45, 7) is 9.57. The molecular formula is C25H36ClN3O5. The Labute approximate surface area is 207 Å². The third-order valence-corrected chi connectivity index (χ3v) is 7.40. The summed E-state index contributed by atoms with van der Waals surface area (Å²) < 4.78 is 17.2. The van der Waals surface area contributed by atoms with Gasteiger partial charge in [0.1, 0.15) is 12.5 Å². The van der Waals surface area contributed by atoms with Gasteiger partial charge in [-0.15, -0.1) is 12.4 Å². The Morgan fingerprint density at radius 2 is 1.56 bits per heavy atom. The molecule has 34 heavy (non-hydrogen) atoms. The second-order valence-corrected chi connectivity index (χ2v) is 9.86. The third kappa shape index (κ3) is 5.05. The van der Waals surface area contributed by atoms with Gasteiger partial charge in [-0.25, -0.2) is 0 Å². The van der Waals surface area contributed by atoms with Crippen molar-refractivity contribution in [1.82, 2.24) is 9.80 Å². The van der Waals surface area contributed by atoms with E-state index in [2.05, 4.69) is 21.9 Å². The van der Waals surface area contributed by atoms with Gasteiger partial charge in [0.25, 0.3) is 0 Å². The van der Waals surface area contributed by atoms with Crippen molar-refractivity contribution < 1.29 is 23.8 Å². The SMILES string of the molecule is CC(C)Oc1ccccc1N1CCN(CCCN2C(=O)C3CC4OCOC4CC3C2=O)CC1.Cl. The molecular weight excluding hydrogens is 458 g/mol. The summed E-state index contributed by atoms with van der Waals surface area (Å²) in [6, 6.07) is 8.24. The van der Waals surface area contributed by atoms with Crippen molar-refractivity contribution in [3.63, 3.8) is 0 Å². The number of hydrogen-bond acceptors (Lipinski definition) is 7. The Morgan fingerprint density at radius 3 is 2.18 bits per heavy atom. The number of benzene rings is 1. The van der Waals surface area contributed by atoms with Gasteiger partial charge in [0.15, 0.2) is 0 Å². The molecule has 0 bridgehead atoms. The minimum atomic E-state index is -0.225. The molecule has 0 radical (unpaired) electrons. The van der Waals surface area contributed by atoms with E-state index in [-0.39, 0.29) is 61.2 Å². The Hall–Kier alpha value is -1.87. The maximum absolute atomic E-state index is 12.9. The molecule has 0 aromatic heterocycles. The highest BCUT2D eigenvalue weighted by Crippen LogP contribution is 2.42. The molecule has 1 aromatic carbocycles. The van der Waals surface area contributed by atoms with E-state index < -0.39 is 0 Å². The van der Waals surface area contributed by atoms with Gasteiger partial charge < -0.3 is 19.1 Å². The molecule has 0 N–H and O–H groups in total. The molecule has 8 nitrogen and oxygen atoms in total. The van der Waals surface area contributed by atoms with Crippen LogP contribution in [0.1, 0.15) is 33.1 Å². The first-order valence-electron chi connectivity index (χ1n) is 12.3. The number of likely N-dealkylation sites (tertiary alicyclic amines) is 1. The zero-order chi connectivity index (χ0) is 22.9. The number of para-hydroxylation sites is 2. The molecule has 5 rings (SSSR count). The molecule has 3 heterocycles. The smallest absolute Gasteiger partial charge is 0.233 e. The minimum absolute atomic E-state index is 0. The number of rotatable bonds is 7. The Balaban J connectivity index is 0.00000274. The van der Waals surface area contributed by atoms with Crippen molar-refractivity contribution in [3.8, 4) is 5.75 Å². The van der Waals surface area contributed by atoms with E-state index in [1.165, 1.54) is 4.90 Å². The molecule has 1 saturated carbocycles. The van der Waals surface area contributed by atoms with Gasteiger partial charge in [-0.2, -0.15) is 0 Å². The largest absolute Gasteiger partial charge is 0.489 e. The number of fused-ring (bicyclic) bond motifs is 2. The molecule has 4 aliphatic rings. The van der Waals surface area contributed by atoms with Gasteiger partial charge in [-0.3, -0.25) is 19.4 Å². The third-order valence-electron chi connectivity index (χ3n) is 7.40. The van der Waals surface area contributed by atoms with E-state index >= 15 is 0 Å². The van der Waals surface area contributed by atoms with Gasteiger partial charge in [-0.1, -0.05) is 12.1 Å². The monoisotopic (exact) mass is 493 g/mol. The van der Waals surface area contributed by atoms with Gasteiger partial charge in [0, 0.05) is 32.7 Å². The number of halogens is 1. The maximum Gasteiger partial charge on any atom is 0.233 e. The summed E-state index contributed by atoms with van der Waals surface area (Å²) >= 11 is 0. The van der Waals surface area contributed by atoms with Crippen LogP contribution < -0.4 is 9.64 Å². The van der Waals surface area contributed by atoms with Crippen LogP contribution in [-0.4, -0.2) is 86.0 Å². The highest BCUT2D eigenvalue weighted by Gasteiger charge is 2.54. The lowest BCUT2D eigenvalue weighted by Crippen LogP contribution is -2.47. The number of carbonyl (C=O) groups excluding carboxylic acids is 2. The molecule has 9 heteroatoms. The molecule has 4 unspecified atom stereocenters. The van der Waals surface area contributed by atoms with Gasteiger partial charge >= 0.3 is 0 Å². The normalized spacial score (nSPS) is 29.3. The molecule has 188 valence electrons.